The Morgan fingerprint density at radius 2 is 1.94 bits per heavy atom. The van der Waals surface area contributed by atoms with Crippen LogP contribution in [0.5, 0.6) is 5.75 Å². The summed E-state index contributed by atoms with van der Waals surface area (Å²) >= 11 is 0. The van der Waals surface area contributed by atoms with Crippen LogP contribution in [0.15, 0.2) is 67.3 Å². The molecule has 182 valence electrons. The smallest absolute Gasteiger partial charge is 0.270 e. The number of nitrogens with zero attached hydrogens (tertiary/aromatic N) is 4. The van der Waals surface area contributed by atoms with Gasteiger partial charge in [0.05, 0.1) is 23.4 Å². The number of fused-ring (bicyclic) bond motifs is 2. The first kappa shape index (κ1) is 23.1. The topological polar surface area (TPSA) is 64.4 Å². The van der Waals surface area contributed by atoms with Crippen LogP contribution in [-0.2, 0) is 18.5 Å². The Labute approximate surface area is 206 Å². The molecule has 7 heteroatoms. The van der Waals surface area contributed by atoms with Crippen LogP contribution in [0.4, 0.5) is 11.4 Å². The average molecular weight is 474 g/mol. The van der Waals surface area contributed by atoms with Gasteiger partial charge in [0.25, 0.3) is 5.69 Å². The minimum absolute atomic E-state index is 0.0710. The van der Waals surface area contributed by atoms with Crippen molar-refractivity contribution in [2.75, 3.05) is 11.4 Å². The zero-order valence-corrected chi connectivity index (χ0v) is 20.7. The highest BCUT2D eigenvalue weighted by Crippen LogP contribution is 2.55. The molecular formula is C28H33N4O3+. The van der Waals surface area contributed by atoms with Crippen molar-refractivity contribution in [2.24, 2.45) is 0 Å². The summed E-state index contributed by atoms with van der Waals surface area (Å²) in [4.78, 5) is 13.3. The molecule has 0 bridgehead atoms. The zero-order valence-electron chi connectivity index (χ0n) is 20.7. The summed E-state index contributed by atoms with van der Waals surface area (Å²) in [7, 11) is 0. The van der Waals surface area contributed by atoms with Gasteiger partial charge in [0.1, 0.15) is 18.1 Å². The van der Waals surface area contributed by atoms with Crippen molar-refractivity contribution < 1.29 is 14.2 Å². The third-order valence-corrected chi connectivity index (χ3v) is 7.44. The number of anilines is 1. The number of imidazole rings is 1. The molecule has 35 heavy (non-hydrogen) atoms. The number of unbranched alkanes of at least 4 members (excludes halogenated alkanes) is 1. The quantitative estimate of drug-likeness (QED) is 0.247. The van der Waals surface area contributed by atoms with E-state index in [2.05, 4.69) is 83.9 Å². The van der Waals surface area contributed by atoms with E-state index >= 15 is 0 Å². The van der Waals surface area contributed by atoms with Crippen LogP contribution < -0.4 is 14.2 Å². The Balaban J connectivity index is 1.43. The summed E-state index contributed by atoms with van der Waals surface area (Å²) in [5.74, 6) is 0.673. The zero-order chi connectivity index (χ0) is 24.6. The molecule has 0 saturated heterocycles. The average Bonchev–Trinajstić information content (AvgIpc) is 3.38. The Kier molecular flexibility index (Phi) is 5.87. The van der Waals surface area contributed by atoms with Gasteiger partial charge in [-0.05, 0) is 50.1 Å². The van der Waals surface area contributed by atoms with Crippen molar-refractivity contribution in [3.8, 4) is 5.75 Å². The van der Waals surface area contributed by atoms with Gasteiger partial charge in [0, 0.05) is 36.3 Å². The highest BCUT2D eigenvalue weighted by Gasteiger charge is 2.58. The van der Waals surface area contributed by atoms with Gasteiger partial charge in [-0.3, -0.25) is 10.1 Å². The number of para-hydroxylation sites is 1. The van der Waals surface area contributed by atoms with E-state index in [9.17, 15) is 10.1 Å². The fraction of sp³-hybridized carbons (Fsp3) is 0.393. The van der Waals surface area contributed by atoms with E-state index in [1.54, 1.807) is 12.1 Å². The summed E-state index contributed by atoms with van der Waals surface area (Å²) in [5.41, 5.74) is 2.20. The molecule has 1 atom stereocenters. The second kappa shape index (κ2) is 8.87. The first-order valence-corrected chi connectivity index (χ1v) is 12.4. The summed E-state index contributed by atoms with van der Waals surface area (Å²) in [6.45, 7) is 9.44. The highest BCUT2D eigenvalue weighted by atomic mass is 16.6. The second-order valence-electron chi connectivity index (χ2n) is 10.0. The fourth-order valence-corrected chi connectivity index (χ4v) is 5.45. The van der Waals surface area contributed by atoms with Crippen LogP contribution in [0.2, 0.25) is 0 Å². The number of hydrogen-bond donors (Lipinski definition) is 0. The third kappa shape index (κ3) is 3.89. The van der Waals surface area contributed by atoms with E-state index in [4.69, 9.17) is 4.74 Å². The van der Waals surface area contributed by atoms with Gasteiger partial charge in [-0.15, -0.1) is 0 Å². The highest BCUT2D eigenvalue weighted by molar-refractivity contribution is 5.73. The molecule has 5 rings (SSSR count). The molecule has 0 unspecified atom stereocenters. The van der Waals surface area contributed by atoms with E-state index in [-0.39, 0.29) is 16.0 Å². The van der Waals surface area contributed by atoms with Gasteiger partial charge >= 0.3 is 0 Å². The molecule has 1 spiro atoms. The van der Waals surface area contributed by atoms with Crippen molar-refractivity contribution in [3.63, 3.8) is 0 Å². The van der Waals surface area contributed by atoms with Crippen molar-refractivity contribution in [1.29, 1.82) is 0 Å². The molecule has 3 aromatic rings. The lowest BCUT2D eigenvalue weighted by Crippen LogP contribution is -2.60. The third-order valence-electron chi connectivity index (χ3n) is 7.44. The number of benzene rings is 2. The number of rotatable bonds is 8. The van der Waals surface area contributed by atoms with Crippen LogP contribution in [0.1, 0.15) is 51.2 Å². The number of aromatic nitrogens is 2. The Morgan fingerprint density at radius 1 is 1.11 bits per heavy atom. The molecule has 3 heterocycles. The van der Waals surface area contributed by atoms with Gasteiger partial charge in [0.15, 0.2) is 0 Å². The van der Waals surface area contributed by atoms with E-state index in [0.717, 1.165) is 31.6 Å². The number of non-ortho nitro benzene ring substituents is 1. The van der Waals surface area contributed by atoms with Crippen molar-refractivity contribution in [3.05, 3.63) is 88.5 Å². The van der Waals surface area contributed by atoms with Crippen LogP contribution in [0, 0.1) is 10.1 Å². The summed E-state index contributed by atoms with van der Waals surface area (Å²) in [6, 6.07) is 13.3. The monoisotopic (exact) mass is 473 g/mol. The maximum absolute atomic E-state index is 11.3. The molecule has 0 aliphatic carbocycles. The Hall–Kier alpha value is -3.61. The van der Waals surface area contributed by atoms with Gasteiger partial charge in [0.2, 0.25) is 12.1 Å². The van der Waals surface area contributed by atoms with E-state index in [0.29, 0.717) is 5.75 Å². The molecule has 0 fully saturated rings. The van der Waals surface area contributed by atoms with Crippen LogP contribution in [0.3, 0.4) is 0 Å². The molecule has 0 saturated carbocycles. The lowest BCUT2D eigenvalue weighted by Gasteiger charge is -2.47. The number of hydrogen-bond acceptors (Lipinski definition) is 4. The largest absolute Gasteiger partial charge is 0.463 e. The lowest BCUT2D eigenvalue weighted by molar-refractivity contribution is -0.696. The van der Waals surface area contributed by atoms with E-state index in [1.165, 1.54) is 30.2 Å². The molecule has 2 aliphatic rings. The number of ether oxygens (including phenoxy) is 1. The summed E-state index contributed by atoms with van der Waals surface area (Å²) in [5, 5.41) is 11.3. The molecule has 2 aliphatic heterocycles. The molecule has 2 aromatic carbocycles. The molecule has 0 amide bonds. The van der Waals surface area contributed by atoms with Crippen molar-refractivity contribution >= 4 is 17.5 Å². The summed E-state index contributed by atoms with van der Waals surface area (Å²) in [6.07, 6.45) is 13.9. The Morgan fingerprint density at radius 3 is 2.74 bits per heavy atom. The van der Waals surface area contributed by atoms with Gasteiger partial charge in [-0.25, -0.2) is 9.13 Å². The molecular weight excluding hydrogens is 440 g/mol. The minimum atomic E-state index is -0.711. The first-order valence-electron chi connectivity index (χ1n) is 12.4. The standard InChI is InChI=1S/C28H33N4O3/c1-4-5-15-29-18-19-30(21-29)16-8-17-31-25-10-7-6-9-24(25)27(2,3)28(31)14-13-22-20-23(32(33)34)11-12-26(22)35-28/h6-7,9-14,18-21H,4-5,8,15-17H2,1-3H3/q+1/t28-/m1/s1. The van der Waals surface area contributed by atoms with Gasteiger partial charge in [-0.2, -0.15) is 0 Å². The normalized spacial score (nSPS) is 19.5. The maximum atomic E-state index is 11.3. The number of aryl methyl sites for hydroxylation is 2. The maximum Gasteiger partial charge on any atom is 0.270 e. The van der Waals surface area contributed by atoms with Crippen LogP contribution in [-0.4, -0.2) is 21.8 Å². The molecule has 0 N–H and O–H groups in total. The van der Waals surface area contributed by atoms with Crippen LogP contribution >= 0.6 is 0 Å². The Bertz CT molecular complexity index is 1280. The van der Waals surface area contributed by atoms with E-state index in [1.807, 2.05) is 6.08 Å². The fourth-order valence-electron chi connectivity index (χ4n) is 5.45. The predicted molar refractivity (Wildman–Crippen MR) is 136 cm³/mol. The SMILES string of the molecule is CCCCn1cc[n+](CCCN2c3ccccc3C(C)(C)[C@]23C=Cc2cc([N+](=O)[O-])ccc2O3)c1. The second-order valence-corrected chi connectivity index (χ2v) is 10.0. The molecule has 0 radical (unpaired) electrons. The predicted octanol–water partition coefficient (Wildman–Crippen LogP) is 5.47. The summed E-state index contributed by atoms with van der Waals surface area (Å²) < 4.78 is 11.3. The molecule has 1 aromatic heterocycles. The lowest BCUT2D eigenvalue weighted by atomic mass is 9.76. The van der Waals surface area contributed by atoms with Gasteiger partial charge < -0.3 is 9.64 Å². The van der Waals surface area contributed by atoms with Crippen molar-refractivity contribution in [1.82, 2.24) is 4.57 Å². The van der Waals surface area contributed by atoms with Crippen molar-refractivity contribution in [2.45, 2.75) is 64.3 Å². The number of nitro benzene ring substituents is 1. The van der Waals surface area contributed by atoms with Crippen LogP contribution in [0.25, 0.3) is 6.08 Å². The minimum Gasteiger partial charge on any atom is -0.463 e. The molecule has 7 nitrogen and oxygen atoms in total. The van der Waals surface area contributed by atoms with Gasteiger partial charge in [-0.1, -0.05) is 31.5 Å². The number of nitro groups is 1. The first-order chi connectivity index (χ1) is 16.9. The van der Waals surface area contributed by atoms with E-state index < -0.39 is 5.72 Å².